The van der Waals surface area contributed by atoms with E-state index in [0.29, 0.717) is 0 Å². The molecule has 0 radical (unpaired) electrons. The molecular weight excluding hydrogens is 128 g/mol. The van der Waals surface area contributed by atoms with E-state index in [2.05, 4.69) is 4.99 Å². The molecule has 0 N–H and O–H groups in total. The molecule has 1 amide bonds. The molecule has 3 nitrogen and oxygen atoms in total. The second kappa shape index (κ2) is 2.82. The van der Waals surface area contributed by atoms with Crippen LogP contribution < -0.4 is 0 Å². The molecule has 3 heteroatoms. The fourth-order valence-electron chi connectivity index (χ4n) is 0.878. The lowest BCUT2D eigenvalue weighted by Crippen LogP contribution is -2.31. The number of rotatable bonds is 1. The van der Waals surface area contributed by atoms with Crippen molar-refractivity contribution in [3.63, 3.8) is 0 Å². The van der Waals surface area contributed by atoms with E-state index in [1.165, 1.54) is 0 Å². The van der Waals surface area contributed by atoms with Gasteiger partial charge in [-0.15, -0.1) is 0 Å². The van der Waals surface area contributed by atoms with Crippen LogP contribution in [0.25, 0.3) is 0 Å². The molecule has 0 fully saturated rings. The number of amides is 1. The van der Waals surface area contributed by atoms with Crippen LogP contribution in [0.5, 0.6) is 0 Å². The van der Waals surface area contributed by atoms with Crippen LogP contribution in [0.3, 0.4) is 0 Å². The van der Waals surface area contributed by atoms with Gasteiger partial charge in [0.25, 0.3) is 0 Å². The highest BCUT2D eigenvalue weighted by Gasteiger charge is 2.16. The molecule has 56 valence electrons. The van der Waals surface area contributed by atoms with Crippen LogP contribution in [-0.4, -0.2) is 30.2 Å². The molecule has 0 atom stereocenters. The number of hydrogen-bond donors (Lipinski definition) is 0. The molecule has 0 unspecified atom stereocenters. The van der Waals surface area contributed by atoms with Crippen molar-refractivity contribution in [3.05, 3.63) is 0 Å². The van der Waals surface area contributed by atoms with Gasteiger partial charge in [0.2, 0.25) is 5.91 Å². The highest BCUT2D eigenvalue weighted by atomic mass is 16.2. The summed E-state index contributed by atoms with van der Waals surface area (Å²) in [7, 11) is 0. The van der Waals surface area contributed by atoms with E-state index in [1.54, 1.807) is 11.2 Å². The van der Waals surface area contributed by atoms with Crippen molar-refractivity contribution in [2.24, 2.45) is 10.9 Å². The van der Waals surface area contributed by atoms with Crippen LogP contribution >= 0.6 is 0 Å². The van der Waals surface area contributed by atoms with Gasteiger partial charge in [0.05, 0.1) is 12.9 Å². The van der Waals surface area contributed by atoms with E-state index in [-0.39, 0.29) is 11.8 Å². The maximum absolute atomic E-state index is 11.2. The zero-order valence-electron chi connectivity index (χ0n) is 6.37. The smallest absolute Gasteiger partial charge is 0.230 e. The first-order chi connectivity index (χ1) is 4.72. The number of hydrogen-bond acceptors (Lipinski definition) is 2. The molecule has 0 bridgehead atoms. The summed E-state index contributed by atoms with van der Waals surface area (Å²) in [5, 5.41) is 0. The number of carbonyl (C=O) groups is 1. The quantitative estimate of drug-likeness (QED) is 0.522. The molecule has 0 saturated heterocycles. The molecule has 0 aliphatic carbocycles. The van der Waals surface area contributed by atoms with Gasteiger partial charge in [0, 0.05) is 12.5 Å². The topological polar surface area (TPSA) is 32.7 Å². The summed E-state index contributed by atoms with van der Waals surface area (Å²) in [5.41, 5.74) is 0. The van der Waals surface area contributed by atoms with Gasteiger partial charge < -0.3 is 4.90 Å². The van der Waals surface area contributed by atoms with E-state index in [0.717, 1.165) is 13.1 Å². The molecular formula is C7H12N2O. The van der Waals surface area contributed by atoms with E-state index in [9.17, 15) is 4.79 Å². The molecule has 0 saturated carbocycles. The first-order valence-corrected chi connectivity index (χ1v) is 3.52. The van der Waals surface area contributed by atoms with Gasteiger partial charge in [0.15, 0.2) is 0 Å². The summed E-state index contributed by atoms with van der Waals surface area (Å²) in [6, 6.07) is 0. The zero-order valence-corrected chi connectivity index (χ0v) is 6.37. The Balaban J connectivity index is 2.49. The maximum Gasteiger partial charge on any atom is 0.230 e. The van der Waals surface area contributed by atoms with Gasteiger partial charge in [-0.1, -0.05) is 13.8 Å². The van der Waals surface area contributed by atoms with Gasteiger partial charge >= 0.3 is 0 Å². The predicted octanol–water partition coefficient (Wildman–Crippen LogP) is 0.513. The van der Waals surface area contributed by atoms with Crippen LogP contribution in [-0.2, 0) is 4.79 Å². The second-order valence-corrected chi connectivity index (χ2v) is 2.71. The van der Waals surface area contributed by atoms with E-state index >= 15 is 0 Å². The Morgan fingerprint density at radius 3 is 2.80 bits per heavy atom. The van der Waals surface area contributed by atoms with Crippen LogP contribution in [0, 0.1) is 5.92 Å². The summed E-state index contributed by atoms with van der Waals surface area (Å²) in [5.74, 6) is 0.255. The van der Waals surface area contributed by atoms with Gasteiger partial charge in [-0.2, -0.15) is 0 Å². The van der Waals surface area contributed by atoms with Crippen molar-refractivity contribution in [3.8, 4) is 0 Å². The van der Waals surface area contributed by atoms with Crippen molar-refractivity contribution in [2.75, 3.05) is 13.1 Å². The van der Waals surface area contributed by atoms with E-state index in [1.807, 2.05) is 13.8 Å². The van der Waals surface area contributed by atoms with E-state index in [4.69, 9.17) is 0 Å². The normalized spacial score (nSPS) is 16.9. The monoisotopic (exact) mass is 140 g/mol. The average molecular weight is 140 g/mol. The largest absolute Gasteiger partial charge is 0.301 e. The Labute approximate surface area is 60.7 Å². The fraction of sp³-hybridized carbons (Fsp3) is 0.714. The second-order valence-electron chi connectivity index (χ2n) is 2.71. The third kappa shape index (κ3) is 1.35. The molecule has 1 aliphatic rings. The molecule has 0 aromatic carbocycles. The molecule has 0 spiro atoms. The van der Waals surface area contributed by atoms with E-state index < -0.39 is 0 Å². The van der Waals surface area contributed by atoms with Crippen molar-refractivity contribution in [1.82, 2.24) is 4.90 Å². The average Bonchev–Trinajstić information content (AvgIpc) is 2.36. The minimum Gasteiger partial charge on any atom is -0.301 e. The molecule has 10 heavy (non-hydrogen) atoms. The summed E-state index contributed by atoms with van der Waals surface area (Å²) >= 11 is 0. The van der Waals surface area contributed by atoms with Crippen LogP contribution in [0.4, 0.5) is 0 Å². The maximum atomic E-state index is 11.2. The fourth-order valence-corrected chi connectivity index (χ4v) is 0.878. The molecule has 0 aromatic heterocycles. The first-order valence-electron chi connectivity index (χ1n) is 3.52. The zero-order chi connectivity index (χ0) is 7.56. The van der Waals surface area contributed by atoms with Crippen molar-refractivity contribution in [2.45, 2.75) is 13.8 Å². The number of aliphatic imine (C=N–C) groups is 1. The standard InChI is InChI=1S/C7H12N2O/c1-6(2)7(10)9-4-3-8-5-9/h5-6H,3-4H2,1-2H3. The number of carbonyl (C=O) groups excluding carboxylic acids is 1. The van der Waals surface area contributed by atoms with Crippen LogP contribution in [0.1, 0.15) is 13.8 Å². The van der Waals surface area contributed by atoms with Crippen LogP contribution in [0.15, 0.2) is 4.99 Å². The summed E-state index contributed by atoms with van der Waals surface area (Å²) in [6.45, 7) is 5.32. The van der Waals surface area contributed by atoms with Gasteiger partial charge in [-0.05, 0) is 0 Å². The summed E-state index contributed by atoms with van der Waals surface area (Å²) in [6.07, 6.45) is 1.63. The highest BCUT2D eigenvalue weighted by molar-refractivity contribution is 5.89. The molecule has 1 heterocycles. The van der Waals surface area contributed by atoms with Gasteiger partial charge in [-0.25, -0.2) is 0 Å². The molecule has 1 aliphatic heterocycles. The molecule has 1 rings (SSSR count). The lowest BCUT2D eigenvalue weighted by Gasteiger charge is -2.13. The Bertz CT molecular complexity index is 163. The highest BCUT2D eigenvalue weighted by Crippen LogP contribution is 2.01. The van der Waals surface area contributed by atoms with Crippen molar-refractivity contribution < 1.29 is 4.79 Å². The summed E-state index contributed by atoms with van der Waals surface area (Å²) < 4.78 is 0. The minimum atomic E-state index is 0.0875. The Kier molecular flexibility index (Phi) is 2.04. The lowest BCUT2D eigenvalue weighted by molar-refractivity contribution is -0.129. The summed E-state index contributed by atoms with van der Waals surface area (Å²) in [4.78, 5) is 16.8. The first kappa shape index (κ1) is 7.25. The SMILES string of the molecule is CC(C)C(=O)N1C=NCC1. The third-order valence-corrected chi connectivity index (χ3v) is 1.47. The number of nitrogens with zero attached hydrogens (tertiary/aromatic N) is 2. The molecule has 0 aromatic rings. The third-order valence-electron chi connectivity index (χ3n) is 1.47. The Morgan fingerprint density at radius 2 is 2.40 bits per heavy atom. The Morgan fingerprint density at radius 1 is 1.70 bits per heavy atom. The predicted molar refractivity (Wildman–Crippen MR) is 39.9 cm³/mol. The van der Waals surface area contributed by atoms with Gasteiger partial charge in [-0.3, -0.25) is 9.79 Å². The van der Waals surface area contributed by atoms with Crippen molar-refractivity contribution in [1.29, 1.82) is 0 Å². The van der Waals surface area contributed by atoms with Gasteiger partial charge in [0.1, 0.15) is 0 Å². The Hall–Kier alpha value is -0.860. The van der Waals surface area contributed by atoms with Crippen molar-refractivity contribution >= 4 is 12.2 Å². The van der Waals surface area contributed by atoms with Crippen LogP contribution in [0.2, 0.25) is 0 Å². The minimum absolute atomic E-state index is 0.0875. The lowest BCUT2D eigenvalue weighted by atomic mass is 10.2.